The molecule has 0 aromatic carbocycles. The summed E-state index contributed by atoms with van der Waals surface area (Å²) in [6.45, 7) is 4.87. The number of ether oxygens (including phenoxy) is 2. The molecule has 60 heavy (non-hydrogen) atoms. The number of rotatable bonds is 47. The minimum atomic E-state index is -4.29. The molecule has 2 atom stereocenters. The van der Waals surface area contributed by atoms with E-state index in [2.05, 4.69) is 74.6 Å². The predicted octanol–water partition coefficient (Wildman–Crippen LogP) is 15.3. The fraction of sp³-hybridized carbons (Fsp3) is 0.784. The van der Waals surface area contributed by atoms with E-state index in [1.165, 1.54) is 135 Å². The van der Waals surface area contributed by atoms with Gasteiger partial charge in [-0.15, -0.1) is 0 Å². The Balaban J connectivity index is 4.01. The number of phosphoric ester groups is 1. The Morgan fingerprint density at radius 1 is 0.500 bits per heavy atom. The van der Waals surface area contributed by atoms with Crippen LogP contribution in [0, 0.1) is 0 Å². The summed E-state index contributed by atoms with van der Waals surface area (Å²) in [6.07, 6.45) is 59.6. The number of phosphoric acid groups is 1. The van der Waals surface area contributed by atoms with Crippen LogP contribution in [-0.4, -0.2) is 49.9 Å². The van der Waals surface area contributed by atoms with Crippen LogP contribution in [0.1, 0.15) is 219 Å². The zero-order valence-electron chi connectivity index (χ0n) is 38.9. The van der Waals surface area contributed by atoms with Crippen LogP contribution in [0.5, 0.6) is 0 Å². The molecule has 0 aliphatic carbocycles. The second-order valence-electron chi connectivity index (χ2n) is 16.3. The molecule has 0 saturated heterocycles. The van der Waals surface area contributed by atoms with Crippen molar-refractivity contribution in [1.29, 1.82) is 0 Å². The summed E-state index contributed by atoms with van der Waals surface area (Å²) in [7, 11) is -4.29. The van der Waals surface area contributed by atoms with Crippen molar-refractivity contribution in [3.63, 3.8) is 0 Å². The number of carbonyl (C=O) groups excluding carboxylic acids is 1. The van der Waals surface area contributed by atoms with Gasteiger partial charge < -0.3 is 20.1 Å². The monoisotopic (exact) mass is 864 g/mol. The Morgan fingerprint density at radius 2 is 0.883 bits per heavy atom. The number of unbranched alkanes of at least 4 members (excludes halogenated alkanes) is 24. The molecule has 0 aliphatic heterocycles. The van der Waals surface area contributed by atoms with Crippen molar-refractivity contribution in [1.82, 2.24) is 0 Å². The van der Waals surface area contributed by atoms with E-state index in [1.54, 1.807) is 0 Å². The zero-order valence-corrected chi connectivity index (χ0v) is 39.8. The topological polar surface area (TPSA) is 117 Å². The van der Waals surface area contributed by atoms with Gasteiger partial charge in [-0.1, -0.05) is 190 Å². The Morgan fingerprint density at radius 3 is 1.35 bits per heavy atom. The molecule has 9 heteroatoms. The van der Waals surface area contributed by atoms with Crippen LogP contribution in [-0.2, 0) is 27.9 Å². The van der Waals surface area contributed by atoms with E-state index in [-0.39, 0.29) is 32.3 Å². The molecule has 0 radical (unpaired) electrons. The van der Waals surface area contributed by atoms with E-state index in [0.717, 1.165) is 64.2 Å². The Kier molecular flexibility index (Phi) is 46.8. The van der Waals surface area contributed by atoms with E-state index in [1.807, 2.05) is 0 Å². The van der Waals surface area contributed by atoms with E-state index < -0.39 is 13.9 Å². The molecule has 2 unspecified atom stereocenters. The normalized spacial score (nSPS) is 13.9. The van der Waals surface area contributed by atoms with Crippen molar-refractivity contribution in [3.05, 3.63) is 60.8 Å². The molecule has 0 heterocycles. The lowest BCUT2D eigenvalue weighted by Crippen LogP contribution is -2.28. The first-order valence-electron chi connectivity index (χ1n) is 24.8. The van der Waals surface area contributed by atoms with Gasteiger partial charge in [0.05, 0.1) is 19.8 Å². The van der Waals surface area contributed by atoms with Gasteiger partial charge in [-0.25, -0.2) is 4.57 Å². The minimum Gasteiger partial charge on any atom is -0.457 e. The highest BCUT2D eigenvalue weighted by Gasteiger charge is 2.25. The minimum absolute atomic E-state index is 0.0953. The summed E-state index contributed by atoms with van der Waals surface area (Å²) in [5, 5.41) is 0. The molecule has 350 valence electrons. The van der Waals surface area contributed by atoms with Gasteiger partial charge in [-0.05, 0) is 83.5 Å². The van der Waals surface area contributed by atoms with E-state index >= 15 is 0 Å². The van der Waals surface area contributed by atoms with Crippen LogP contribution in [0.4, 0.5) is 0 Å². The van der Waals surface area contributed by atoms with Gasteiger partial charge in [-0.3, -0.25) is 13.8 Å². The van der Waals surface area contributed by atoms with Crippen LogP contribution in [0.2, 0.25) is 0 Å². The smallest absolute Gasteiger partial charge is 0.457 e. The summed E-state index contributed by atoms with van der Waals surface area (Å²) in [5.74, 6) is -0.343. The maximum atomic E-state index is 12.6. The zero-order chi connectivity index (χ0) is 43.7. The molecule has 0 spiro atoms. The van der Waals surface area contributed by atoms with Gasteiger partial charge in [0.15, 0.2) is 0 Å². The lowest BCUT2D eigenvalue weighted by Gasteiger charge is -2.20. The van der Waals surface area contributed by atoms with Gasteiger partial charge >= 0.3 is 13.8 Å². The van der Waals surface area contributed by atoms with Crippen LogP contribution in [0.3, 0.4) is 0 Å². The van der Waals surface area contributed by atoms with E-state index in [4.69, 9.17) is 24.3 Å². The summed E-state index contributed by atoms with van der Waals surface area (Å²) < 4.78 is 33.5. The molecule has 0 aliphatic rings. The molecule has 0 fully saturated rings. The summed E-state index contributed by atoms with van der Waals surface area (Å²) >= 11 is 0. The highest BCUT2D eigenvalue weighted by atomic mass is 31.2. The molecule has 0 amide bonds. The first kappa shape index (κ1) is 58.2. The molecule has 0 rings (SSSR count). The molecule has 3 N–H and O–H groups in total. The van der Waals surface area contributed by atoms with Crippen LogP contribution >= 0.6 is 7.82 Å². The molecule has 0 saturated carbocycles. The van der Waals surface area contributed by atoms with Crippen LogP contribution in [0.25, 0.3) is 0 Å². The maximum Gasteiger partial charge on any atom is 0.472 e. The highest BCUT2D eigenvalue weighted by molar-refractivity contribution is 7.47. The van der Waals surface area contributed by atoms with E-state index in [0.29, 0.717) is 13.0 Å². The van der Waals surface area contributed by atoms with E-state index in [9.17, 15) is 14.3 Å². The lowest BCUT2D eigenvalue weighted by molar-refractivity contribution is -0.154. The number of esters is 1. The fourth-order valence-electron chi connectivity index (χ4n) is 6.74. The quantitative estimate of drug-likeness (QED) is 0.0269. The summed E-state index contributed by atoms with van der Waals surface area (Å²) in [6, 6.07) is 0. The molecular weight excluding hydrogens is 770 g/mol. The third kappa shape index (κ3) is 47.3. The summed E-state index contributed by atoms with van der Waals surface area (Å²) in [5.41, 5.74) is 5.38. The van der Waals surface area contributed by atoms with Gasteiger partial charge in [0, 0.05) is 19.6 Å². The van der Waals surface area contributed by atoms with Crippen molar-refractivity contribution < 1.29 is 32.8 Å². The Hall–Kier alpha value is -1.80. The Labute approximate surface area is 370 Å². The lowest BCUT2D eigenvalue weighted by atomic mass is 10.1. The number of carbonyl (C=O) groups is 1. The SMILES string of the molecule is CCCCC/C=C\C/C=C\CCCCCCCCCCCCOCC(COP(=O)(O)OCCN)OC(=O)CCCCCCCC/C=C\C/C=C\C/C=C\CCCCCCC. The molecular formula is C51H94NO7P. The fourth-order valence-corrected chi connectivity index (χ4v) is 7.51. The van der Waals surface area contributed by atoms with Crippen LogP contribution < -0.4 is 5.73 Å². The third-order valence-corrected chi connectivity index (χ3v) is 11.4. The maximum absolute atomic E-state index is 12.6. The van der Waals surface area contributed by atoms with Crippen molar-refractivity contribution in [2.75, 3.05) is 33.0 Å². The summed E-state index contributed by atoms with van der Waals surface area (Å²) in [4.78, 5) is 22.6. The third-order valence-electron chi connectivity index (χ3n) is 10.4. The average molecular weight is 864 g/mol. The van der Waals surface area contributed by atoms with Crippen molar-refractivity contribution >= 4 is 13.8 Å². The standard InChI is InChI=1S/C51H94NO7P/c1-3-5-7-9-11-13-15-17-19-21-23-25-26-28-30-32-34-36-38-40-42-44-51(53)59-50(49-58-60(54,55)57-47-45-52)48-56-46-43-41-39-37-35-33-31-29-27-24-22-20-18-16-14-12-10-8-6-4-2/h12,14-15,17-18,20-21,23,26,28,50H,3-11,13,16,19,22,24-25,27,29-49,52H2,1-2H3,(H,54,55)/b14-12-,17-15-,20-18-,23-21-,28-26-. The average Bonchev–Trinajstić information content (AvgIpc) is 3.24. The Bertz CT molecular complexity index is 1110. The number of nitrogens with two attached hydrogens (primary N) is 1. The first-order valence-corrected chi connectivity index (χ1v) is 26.3. The molecule has 8 nitrogen and oxygen atoms in total. The van der Waals surface area contributed by atoms with Crippen molar-refractivity contribution in [2.45, 2.75) is 225 Å². The largest absolute Gasteiger partial charge is 0.472 e. The van der Waals surface area contributed by atoms with Gasteiger partial charge in [-0.2, -0.15) is 0 Å². The molecule has 0 aromatic heterocycles. The van der Waals surface area contributed by atoms with Gasteiger partial charge in [0.2, 0.25) is 0 Å². The number of hydrogen-bond donors (Lipinski definition) is 2. The first-order chi connectivity index (χ1) is 29.4. The van der Waals surface area contributed by atoms with Gasteiger partial charge in [0.1, 0.15) is 6.10 Å². The molecule has 0 aromatic rings. The number of allylic oxidation sites excluding steroid dienone is 10. The highest BCUT2D eigenvalue weighted by Crippen LogP contribution is 2.43. The van der Waals surface area contributed by atoms with Gasteiger partial charge in [0.25, 0.3) is 0 Å². The number of hydrogen-bond acceptors (Lipinski definition) is 7. The van der Waals surface area contributed by atoms with Crippen molar-refractivity contribution in [3.8, 4) is 0 Å². The second-order valence-corrected chi connectivity index (χ2v) is 17.8. The molecule has 0 bridgehead atoms. The second kappa shape index (κ2) is 48.2. The van der Waals surface area contributed by atoms with Crippen LogP contribution in [0.15, 0.2) is 60.8 Å². The van der Waals surface area contributed by atoms with Crippen molar-refractivity contribution in [2.24, 2.45) is 5.73 Å². The predicted molar refractivity (Wildman–Crippen MR) is 256 cm³/mol.